The van der Waals surface area contributed by atoms with Gasteiger partial charge in [0.15, 0.2) is 0 Å². The SMILES string of the molecule is CCOC(=O)c1nc(-c2ccccn2)no1. The number of ether oxygens (including phenoxy) is 1. The highest BCUT2D eigenvalue weighted by Crippen LogP contribution is 2.12. The van der Waals surface area contributed by atoms with E-state index in [2.05, 4.69) is 15.1 Å². The number of aromatic nitrogens is 3. The largest absolute Gasteiger partial charge is 0.459 e. The van der Waals surface area contributed by atoms with E-state index in [0.717, 1.165) is 0 Å². The molecule has 6 nitrogen and oxygen atoms in total. The van der Waals surface area contributed by atoms with Crippen LogP contribution in [0.2, 0.25) is 0 Å². The smallest absolute Gasteiger partial charge is 0.397 e. The van der Waals surface area contributed by atoms with E-state index >= 15 is 0 Å². The fourth-order valence-electron chi connectivity index (χ4n) is 1.10. The zero-order valence-corrected chi connectivity index (χ0v) is 8.58. The highest BCUT2D eigenvalue weighted by atomic mass is 16.6. The fourth-order valence-corrected chi connectivity index (χ4v) is 1.10. The Morgan fingerprint density at radius 3 is 3.06 bits per heavy atom. The third-order valence-corrected chi connectivity index (χ3v) is 1.77. The maximum atomic E-state index is 11.3. The van der Waals surface area contributed by atoms with E-state index in [-0.39, 0.29) is 18.3 Å². The van der Waals surface area contributed by atoms with Crippen molar-refractivity contribution in [3.63, 3.8) is 0 Å². The van der Waals surface area contributed by atoms with Gasteiger partial charge in [0.05, 0.1) is 6.61 Å². The lowest BCUT2D eigenvalue weighted by atomic mass is 10.3. The molecule has 0 aromatic carbocycles. The third-order valence-electron chi connectivity index (χ3n) is 1.77. The van der Waals surface area contributed by atoms with Crippen molar-refractivity contribution in [2.24, 2.45) is 0 Å². The number of nitrogens with zero attached hydrogens (tertiary/aromatic N) is 3. The Kier molecular flexibility index (Phi) is 2.90. The number of carbonyl (C=O) groups is 1. The van der Waals surface area contributed by atoms with Gasteiger partial charge in [-0.25, -0.2) is 4.79 Å². The zero-order valence-electron chi connectivity index (χ0n) is 8.58. The van der Waals surface area contributed by atoms with E-state index in [9.17, 15) is 4.79 Å². The van der Waals surface area contributed by atoms with Crippen molar-refractivity contribution >= 4 is 5.97 Å². The molecule has 0 radical (unpaired) electrons. The van der Waals surface area contributed by atoms with Crippen LogP contribution < -0.4 is 0 Å². The van der Waals surface area contributed by atoms with Crippen molar-refractivity contribution in [3.8, 4) is 11.5 Å². The van der Waals surface area contributed by atoms with E-state index in [1.54, 1.807) is 31.3 Å². The number of pyridine rings is 1. The Hall–Kier alpha value is -2.24. The summed E-state index contributed by atoms with van der Waals surface area (Å²) in [5.41, 5.74) is 0.543. The van der Waals surface area contributed by atoms with Crippen LogP contribution in [-0.2, 0) is 4.74 Å². The van der Waals surface area contributed by atoms with Gasteiger partial charge in [0.25, 0.3) is 0 Å². The Morgan fingerprint density at radius 2 is 2.38 bits per heavy atom. The first-order valence-electron chi connectivity index (χ1n) is 4.73. The summed E-state index contributed by atoms with van der Waals surface area (Å²) < 4.78 is 9.48. The van der Waals surface area contributed by atoms with Gasteiger partial charge in [-0.1, -0.05) is 11.2 Å². The number of hydrogen-bond donors (Lipinski definition) is 0. The summed E-state index contributed by atoms with van der Waals surface area (Å²) in [7, 11) is 0. The number of esters is 1. The Balaban J connectivity index is 2.23. The summed E-state index contributed by atoms with van der Waals surface area (Å²) in [5, 5.41) is 3.64. The quantitative estimate of drug-likeness (QED) is 0.724. The minimum Gasteiger partial charge on any atom is -0.459 e. The lowest BCUT2D eigenvalue weighted by Gasteiger charge is -1.93. The van der Waals surface area contributed by atoms with Crippen LogP contribution >= 0.6 is 0 Å². The van der Waals surface area contributed by atoms with Gasteiger partial charge >= 0.3 is 11.9 Å². The van der Waals surface area contributed by atoms with Gasteiger partial charge < -0.3 is 9.26 Å². The van der Waals surface area contributed by atoms with Crippen LogP contribution in [0.15, 0.2) is 28.9 Å². The van der Waals surface area contributed by atoms with Crippen molar-refractivity contribution in [2.45, 2.75) is 6.92 Å². The first-order chi connectivity index (χ1) is 7.81. The molecule has 6 heteroatoms. The number of carbonyl (C=O) groups excluding carboxylic acids is 1. The van der Waals surface area contributed by atoms with E-state index in [1.165, 1.54) is 0 Å². The van der Waals surface area contributed by atoms with Gasteiger partial charge in [0.1, 0.15) is 5.69 Å². The second-order valence-corrected chi connectivity index (χ2v) is 2.86. The summed E-state index contributed by atoms with van der Waals surface area (Å²) in [6.45, 7) is 1.97. The van der Waals surface area contributed by atoms with Crippen molar-refractivity contribution in [1.82, 2.24) is 15.1 Å². The molecule has 0 spiro atoms. The van der Waals surface area contributed by atoms with Gasteiger partial charge in [-0.15, -0.1) is 0 Å². The summed E-state index contributed by atoms with van der Waals surface area (Å²) in [5.74, 6) is -0.525. The maximum Gasteiger partial charge on any atom is 0.397 e. The molecule has 0 aliphatic heterocycles. The van der Waals surface area contributed by atoms with Gasteiger partial charge in [0.2, 0.25) is 5.82 Å². The first kappa shape index (κ1) is 10.3. The van der Waals surface area contributed by atoms with Crippen LogP contribution in [0.5, 0.6) is 0 Å². The molecule has 0 amide bonds. The number of rotatable bonds is 3. The van der Waals surface area contributed by atoms with E-state index in [1.807, 2.05) is 0 Å². The highest BCUT2D eigenvalue weighted by Gasteiger charge is 2.17. The minimum atomic E-state index is -0.628. The first-order valence-corrected chi connectivity index (χ1v) is 4.73. The van der Waals surface area contributed by atoms with Crippen molar-refractivity contribution in [2.75, 3.05) is 6.61 Å². The maximum absolute atomic E-state index is 11.3. The zero-order chi connectivity index (χ0) is 11.4. The molecular weight excluding hydrogens is 210 g/mol. The van der Waals surface area contributed by atoms with E-state index in [0.29, 0.717) is 5.69 Å². The van der Waals surface area contributed by atoms with Crippen molar-refractivity contribution < 1.29 is 14.1 Å². The lowest BCUT2D eigenvalue weighted by Crippen LogP contribution is -2.04. The van der Waals surface area contributed by atoms with Crippen LogP contribution in [0.25, 0.3) is 11.5 Å². The molecule has 0 saturated heterocycles. The van der Waals surface area contributed by atoms with Crippen LogP contribution in [0.4, 0.5) is 0 Å². The van der Waals surface area contributed by atoms with E-state index in [4.69, 9.17) is 9.26 Å². The van der Waals surface area contributed by atoms with Crippen molar-refractivity contribution in [1.29, 1.82) is 0 Å². The van der Waals surface area contributed by atoms with Crippen LogP contribution in [0.1, 0.15) is 17.6 Å². The van der Waals surface area contributed by atoms with Gasteiger partial charge in [0, 0.05) is 6.20 Å². The molecule has 0 N–H and O–H groups in total. The molecule has 0 aliphatic rings. The standard InChI is InChI=1S/C10H9N3O3/c1-2-15-10(14)9-12-8(13-16-9)7-5-3-4-6-11-7/h3-6H,2H2,1H3. The second-order valence-electron chi connectivity index (χ2n) is 2.86. The molecule has 2 rings (SSSR count). The molecule has 16 heavy (non-hydrogen) atoms. The predicted molar refractivity (Wildman–Crippen MR) is 53.5 cm³/mol. The molecule has 2 aromatic heterocycles. The van der Waals surface area contributed by atoms with Crippen LogP contribution in [-0.4, -0.2) is 27.7 Å². The fraction of sp³-hybridized carbons (Fsp3) is 0.200. The van der Waals surface area contributed by atoms with Crippen LogP contribution in [0, 0.1) is 0 Å². The average Bonchev–Trinajstić information content (AvgIpc) is 2.80. The Labute approximate surface area is 91.3 Å². The molecule has 2 aromatic rings. The summed E-state index contributed by atoms with van der Waals surface area (Å²) in [6, 6.07) is 5.29. The molecule has 2 heterocycles. The monoisotopic (exact) mass is 219 g/mol. The molecule has 0 aliphatic carbocycles. The molecule has 0 unspecified atom stereocenters. The predicted octanol–water partition coefficient (Wildman–Crippen LogP) is 1.31. The topological polar surface area (TPSA) is 78.1 Å². The van der Waals surface area contributed by atoms with Gasteiger partial charge in [-0.3, -0.25) is 4.98 Å². The van der Waals surface area contributed by atoms with Gasteiger partial charge in [-0.05, 0) is 19.1 Å². The normalized spacial score (nSPS) is 10.1. The number of hydrogen-bond acceptors (Lipinski definition) is 6. The average molecular weight is 219 g/mol. The Morgan fingerprint density at radius 1 is 1.50 bits per heavy atom. The molecule has 82 valence electrons. The molecule has 0 fully saturated rings. The third kappa shape index (κ3) is 2.05. The van der Waals surface area contributed by atoms with Crippen LogP contribution in [0.3, 0.4) is 0 Å². The van der Waals surface area contributed by atoms with Crippen molar-refractivity contribution in [3.05, 3.63) is 30.3 Å². The molecule has 0 bridgehead atoms. The molecule has 0 saturated carbocycles. The molecular formula is C10H9N3O3. The van der Waals surface area contributed by atoms with E-state index < -0.39 is 5.97 Å². The highest BCUT2D eigenvalue weighted by molar-refractivity contribution is 5.84. The molecule has 0 atom stereocenters. The summed E-state index contributed by atoms with van der Waals surface area (Å²) in [4.78, 5) is 19.2. The second kappa shape index (κ2) is 4.52. The Bertz CT molecular complexity index is 481. The minimum absolute atomic E-state index is 0.164. The summed E-state index contributed by atoms with van der Waals surface area (Å²) >= 11 is 0. The lowest BCUT2D eigenvalue weighted by molar-refractivity contribution is 0.0470. The summed E-state index contributed by atoms with van der Waals surface area (Å²) in [6.07, 6.45) is 1.61. The van der Waals surface area contributed by atoms with Gasteiger partial charge in [-0.2, -0.15) is 4.98 Å².